The molecule has 0 aromatic carbocycles. The first-order valence-corrected chi connectivity index (χ1v) is 6.28. The zero-order chi connectivity index (χ0) is 14.2. The van der Waals surface area contributed by atoms with Gasteiger partial charge in [-0.2, -0.15) is 13.2 Å². The zero-order valence-electron chi connectivity index (χ0n) is 10.5. The molecule has 2 rings (SSSR count). The standard InChI is InChI=1S/C12H14ClF3N2O/c1-7-5-18(6-8(2)19-7)11-10(13)3-9(4-17-11)12(14,15)16/h3-4,7-8H,5-6H2,1-2H3. The van der Waals surface area contributed by atoms with Crippen LogP contribution >= 0.6 is 11.6 Å². The van der Waals surface area contributed by atoms with Gasteiger partial charge < -0.3 is 9.64 Å². The van der Waals surface area contributed by atoms with Crippen LogP contribution in [0.15, 0.2) is 12.3 Å². The average Bonchev–Trinajstić information content (AvgIpc) is 2.26. The van der Waals surface area contributed by atoms with Crippen LogP contribution in [-0.4, -0.2) is 30.3 Å². The summed E-state index contributed by atoms with van der Waals surface area (Å²) < 4.78 is 43.2. The van der Waals surface area contributed by atoms with Crippen LogP contribution in [0.5, 0.6) is 0 Å². The number of ether oxygens (including phenoxy) is 1. The molecule has 0 N–H and O–H groups in total. The summed E-state index contributed by atoms with van der Waals surface area (Å²) in [6, 6.07) is 0.911. The Labute approximate surface area is 114 Å². The molecule has 1 aromatic heterocycles. The number of alkyl halides is 3. The third kappa shape index (κ3) is 3.30. The third-order valence-corrected chi connectivity index (χ3v) is 3.15. The van der Waals surface area contributed by atoms with E-state index in [0.717, 1.165) is 12.3 Å². The van der Waals surface area contributed by atoms with E-state index in [4.69, 9.17) is 16.3 Å². The summed E-state index contributed by atoms with van der Waals surface area (Å²) >= 11 is 5.92. The highest BCUT2D eigenvalue weighted by Gasteiger charge is 2.32. The molecule has 0 radical (unpaired) electrons. The Balaban J connectivity index is 2.26. The minimum Gasteiger partial charge on any atom is -0.372 e. The summed E-state index contributed by atoms with van der Waals surface area (Å²) in [6.45, 7) is 4.92. The summed E-state index contributed by atoms with van der Waals surface area (Å²) in [5.41, 5.74) is -0.837. The van der Waals surface area contributed by atoms with E-state index >= 15 is 0 Å². The molecule has 0 saturated carbocycles. The number of anilines is 1. The highest BCUT2D eigenvalue weighted by molar-refractivity contribution is 6.33. The molecule has 1 fully saturated rings. The van der Waals surface area contributed by atoms with Gasteiger partial charge in [-0.15, -0.1) is 0 Å². The lowest BCUT2D eigenvalue weighted by molar-refractivity contribution is -0.137. The molecule has 19 heavy (non-hydrogen) atoms. The van der Waals surface area contributed by atoms with Crippen LogP contribution in [0.1, 0.15) is 19.4 Å². The van der Waals surface area contributed by atoms with Crippen LogP contribution in [-0.2, 0) is 10.9 Å². The SMILES string of the molecule is CC1CN(c2ncc(C(F)(F)F)cc2Cl)CC(C)O1. The van der Waals surface area contributed by atoms with E-state index in [0.29, 0.717) is 18.9 Å². The van der Waals surface area contributed by atoms with Crippen LogP contribution in [0.25, 0.3) is 0 Å². The number of halogens is 4. The Hall–Kier alpha value is -1.01. The quantitative estimate of drug-likeness (QED) is 0.794. The molecule has 1 aromatic rings. The smallest absolute Gasteiger partial charge is 0.372 e. The van der Waals surface area contributed by atoms with Crippen molar-refractivity contribution < 1.29 is 17.9 Å². The average molecular weight is 295 g/mol. The van der Waals surface area contributed by atoms with Gasteiger partial charge in [-0.3, -0.25) is 0 Å². The van der Waals surface area contributed by atoms with Crippen molar-refractivity contribution >= 4 is 17.4 Å². The van der Waals surface area contributed by atoms with Gasteiger partial charge in [0.1, 0.15) is 5.82 Å². The summed E-state index contributed by atoms with van der Waals surface area (Å²) in [5.74, 6) is 0.372. The Morgan fingerprint density at radius 1 is 1.32 bits per heavy atom. The first-order valence-electron chi connectivity index (χ1n) is 5.90. The summed E-state index contributed by atoms with van der Waals surface area (Å²) in [6.07, 6.45) is -3.64. The number of aromatic nitrogens is 1. The molecule has 3 nitrogen and oxygen atoms in total. The summed E-state index contributed by atoms with van der Waals surface area (Å²) in [5, 5.41) is 0.0103. The van der Waals surface area contributed by atoms with Gasteiger partial charge in [0, 0.05) is 19.3 Å². The van der Waals surface area contributed by atoms with Gasteiger partial charge in [0.25, 0.3) is 0 Å². The monoisotopic (exact) mass is 294 g/mol. The molecular formula is C12H14ClF3N2O. The molecule has 1 saturated heterocycles. The van der Waals surface area contributed by atoms with Crippen LogP contribution in [0.4, 0.5) is 19.0 Å². The van der Waals surface area contributed by atoms with Crippen LogP contribution < -0.4 is 4.90 Å². The van der Waals surface area contributed by atoms with Gasteiger partial charge in [0.15, 0.2) is 0 Å². The van der Waals surface area contributed by atoms with E-state index in [1.165, 1.54) is 0 Å². The molecule has 7 heteroatoms. The number of hydrogen-bond donors (Lipinski definition) is 0. The topological polar surface area (TPSA) is 25.4 Å². The molecule has 0 bridgehead atoms. The molecule has 1 aliphatic rings. The fourth-order valence-corrected chi connectivity index (χ4v) is 2.46. The summed E-state index contributed by atoms with van der Waals surface area (Å²) in [4.78, 5) is 5.70. The maximum atomic E-state index is 12.5. The molecule has 106 valence electrons. The minimum atomic E-state index is -4.43. The first-order chi connectivity index (χ1) is 8.77. The van der Waals surface area contributed by atoms with E-state index in [1.807, 2.05) is 18.7 Å². The maximum absolute atomic E-state index is 12.5. The van der Waals surface area contributed by atoms with Gasteiger partial charge in [-0.25, -0.2) is 4.98 Å². The minimum absolute atomic E-state index is 0.0103. The van der Waals surface area contributed by atoms with Crippen LogP contribution in [0.2, 0.25) is 5.02 Å². The second-order valence-corrected chi connectivity index (χ2v) is 5.10. The normalized spacial score (nSPS) is 24.6. The third-order valence-electron chi connectivity index (χ3n) is 2.87. The summed E-state index contributed by atoms with van der Waals surface area (Å²) in [7, 11) is 0. The van der Waals surface area contributed by atoms with E-state index in [1.54, 1.807) is 0 Å². The van der Waals surface area contributed by atoms with E-state index in [2.05, 4.69) is 4.98 Å². The molecule has 0 amide bonds. The number of morpholine rings is 1. The fraction of sp³-hybridized carbons (Fsp3) is 0.583. The van der Waals surface area contributed by atoms with Gasteiger partial charge >= 0.3 is 6.18 Å². The fourth-order valence-electron chi connectivity index (χ4n) is 2.17. The molecular weight excluding hydrogens is 281 g/mol. The lowest BCUT2D eigenvalue weighted by Crippen LogP contribution is -2.46. The molecule has 0 aliphatic carbocycles. The van der Waals surface area contributed by atoms with Crippen LogP contribution in [0, 0.1) is 0 Å². The van der Waals surface area contributed by atoms with Crippen molar-refractivity contribution in [1.82, 2.24) is 4.98 Å². The van der Waals surface area contributed by atoms with Crippen molar-refractivity contribution in [2.45, 2.75) is 32.2 Å². The van der Waals surface area contributed by atoms with Gasteiger partial charge in [-0.05, 0) is 19.9 Å². The Morgan fingerprint density at radius 2 is 1.89 bits per heavy atom. The Kier molecular flexibility index (Phi) is 3.92. The van der Waals surface area contributed by atoms with Gasteiger partial charge in [0.2, 0.25) is 0 Å². The van der Waals surface area contributed by atoms with E-state index in [9.17, 15) is 13.2 Å². The second kappa shape index (κ2) is 5.17. The van der Waals surface area contributed by atoms with E-state index < -0.39 is 11.7 Å². The van der Waals surface area contributed by atoms with Gasteiger partial charge in [0.05, 0.1) is 22.8 Å². The zero-order valence-corrected chi connectivity index (χ0v) is 11.3. The predicted octanol–water partition coefficient (Wildman–Crippen LogP) is 3.37. The van der Waals surface area contributed by atoms with Crippen molar-refractivity contribution in [2.75, 3.05) is 18.0 Å². The van der Waals surface area contributed by atoms with Crippen molar-refractivity contribution in [3.63, 3.8) is 0 Å². The second-order valence-electron chi connectivity index (χ2n) is 4.69. The van der Waals surface area contributed by atoms with Crippen LogP contribution in [0.3, 0.4) is 0 Å². The number of nitrogens with zero attached hydrogens (tertiary/aromatic N) is 2. The lowest BCUT2D eigenvalue weighted by atomic mass is 10.2. The molecule has 1 aliphatic heterocycles. The predicted molar refractivity (Wildman–Crippen MR) is 66.5 cm³/mol. The van der Waals surface area contributed by atoms with Crippen molar-refractivity contribution in [2.24, 2.45) is 0 Å². The van der Waals surface area contributed by atoms with Crippen molar-refractivity contribution in [3.8, 4) is 0 Å². The van der Waals surface area contributed by atoms with E-state index in [-0.39, 0.29) is 17.2 Å². The Morgan fingerprint density at radius 3 is 2.37 bits per heavy atom. The molecule has 0 spiro atoms. The molecule has 2 unspecified atom stereocenters. The molecule has 2 heterocycles. The largest absolute Gasteiger partial charge is 0.417 e. The van der Waals surface area contributed by atoms with Crippen molar-refractivity contribution in [1.29, 1.82) is 0 Å². The number of pyridine rings is 1. The molecule has 2 atom stereocenters. The first kappa shape index (κ1) is 14.4. The highest BCUT2D eigenvalue weighted by atomic mass is 35.5. The lowest BCUT2D eigenvalue weighted by Gasteiger charge is -2.36. The maximum Gasteiger partial charge on any atom is 0.417 e. The number of hydrogen-bond acceptors (Lipinski definition) is 3. The Bertz CT molecular complexity index is 457. The van der Waals surface area contributed by atoms with Crippen molar-refractivity contribution in [3.05, 3.63) is 22.8 Å². The highest BCUT2D eigenvalue weighted by Crippen LogP contribution is 2.34. The van der Waals surface area contributed by atoms with Gasteiger partial charge in [-0.1, -0.05) is 11.6 Å². The number of rotatable bonds is 1.